The average molecular weight is 283 g/mol. The van der Waals surface area contributed by atoms with E-state index >= 15 is 0 Å². The third-order valence-corrected chi connectivity index (χ3v) is 2.91. The van der Waals surface area contributed by atoms with Crippen LogP contribution in [0.4, 0.5) is 5.82 Å². The second kappa shape index (κ2) is 5.41. The van der Waals surface area contributed by atoms with Crippen LogP contribution in [-0.4, -0.2) is 47.6 Å². The highest BCUT2D eigenvalue weighted by Crippen LogP contribution is 2.13. The maximum absolute atomic E-state index is 4.26. The fourth-order valence-electron chi connectivity index (χ4n) is 1.85. The molecule has 16 heavy (non-hydrogen) atoms. The summed E-state index contributed by atoms with van der Waals surface area (Å²) in [4.78, 5) is 12.9. The Morgan fingerprint density at radius 2 is 2.12 bits per heavy atom. The van der Waals surface area contributed by atoms with Crippen molar-refractivity contribution in [3.05, 3.63) is 29.7 Å². The molecular formula is C11H15BrN4. The predicted molar refractivity (Wildman–Crippen MR) is 68.8 cm³/mol. The summed E-state index contributed by atoms with van der Waals surface area (Å²) in [7, 11) is 0. The Kier molecular flexibility index (Phi) is 3.90. The summed E-state index contributed by atoms with van der Waals surface area (Å²) < 4.78 is 1.04. The maximum Gasteiger partial charge on any atom is 0.131 e. The van der Waals surface area contributed by atoms with Gasteiger partial charge in [0.05, 0.1) is 0 Å². The van der Waals surface area contributed by atoms with Gasteiger partial charge < -0.3 is 4.90 Å². The zero-order chi connectivity index (χ0) is 11.4. The van der Waals surface area contributed by atoms with Crippen LogP contribution in [0.15, 0.2) is 29.7 Å². The smallest absolute Gasteiger partial charge is 0.131 e. The van der Waals surface area contributed by atoms with Crippen molar-refractivity contribution in [1.82, 2.24) is 14.9 Å². The van der Waals surface area contributed by atoms with Crippen LogP contribution in [0.2, 0.25) is 0 Å². The van der Waals surface area contributed by atoms with Crippen LogP contribution in [0, 0.1) is 0 Å². The molecule has 0 unspecified atom stereocenters. The molecule has 0 N–H and O–H groups in total. The first-order chi connectivity index (χ1) is 7.75. The van der Waals surface area contributed by atoms with Gasteiger partial charge in [0.2, 0.25) is 0 Å². The molecule has 1 fully saturated rings. The molecule has 2 heterocycles. The number of halogens is 1. The first-order valence-electron chi connectivity index (χ1n) is 5.32. The number of rotatable bonds is 3. The summed E-state index contributed by atoms with van der Waals surface area (Å²) in [5, 5.41) is 0. The van der Waals surface area contributed by atoms with Crippen molar-refractivity contribution >= 4 is 21.7 Å². The second-order valence-corrected chi connectivity index (χ2v) is 4.97. The Bertz CT molecular complexity index is 346. The lowest BCUT2D eigenvalue weighted by molar-refractivity contribution is 0.282. The van der Waals surface area contributed by atoms with Gasteiger partial charge in [-0.1, -0.05) is 22.5 Å². The van der Waals surface area contributed by atoms with E-state index in [-0.39, 0.29) is 0 Å². The van der Waals surface area contributed by atoms with Crippen molar-refractivity contribution in [2.24, 2.45) is 0 Å². The minimum atomic E-state index is 0.928. The standard InChI is InChI=1S/C11H15BrN4/c1-10(12)8-15-4-6-16(7-5-15)11-2-3-13-9-14-11/h2-3,9H,1,4-8H2. The zero-order valence-electron chi connectivity index (χ0n) is 9.14. The highest BCUT2D eigenvalue weighted by molar-refractivity contribution is 9.11. The van der Waals surface area contributed by atoms with Crippen molar-refractivity contribution in [2.75, 3.05) is 37.6 Å². The summed E-state index contributed by atoms with van der Waals surface area (Å²) in [5.74, 6) is 1.02. The molecular weight excluding hydrogens is 268 g/mol. The molecule has 1 aliphatic rings. The molecule has 0 aromatic carbocycles. The molecule has 1 aromatic heterocycles. The van der Waals surface area contributed by atoms with Crippen LogP contribution in [-0.2, 0) is 0 Å². The number of nitrogens with zero attached hydrogens (tertiary/aromatic N) is 4. The van der Waals surface area contributed by atoms with E-state index < -0.39 is 0 Å². The molecule has 0 saturated carbocycles. The molecule has 86 valence electrons. The number of piperazine rings is 1. The van der Waals surface area contributed by atoms with Gasteiger partial charge >= 0.3 is 0 Å². The Labute approximate surface area is 104 Å². The van der Waals surface area contributed by atoms with Crippen molar-refractivity contribution < 1.29 is 0 Å². The Balaban J connectivity index is 1.88. The van der Waals surface area contributed by atoms with Crippen LogP contribution in [0.5, 0.6) is 0 Å². The maximum atomic E-state index is 4.26. The van der Waals surface area contributed by atoms with Gasteiger partial charge in [0.1, 0.15) is 12.1 Å². The first kappa shape index (κ1) is 11.5. The summed E-state index contributed by atoms with van der Waals surface area (Å²) in [6.45, 7) is 8.92. The fourth-order valence-corrected chi connectivity index (χ4v) is 2.20. The molecule has 0 spiro atoms. The molecule has 0 bridgehead atoms. The van der Waals surface area contributed by atoms with Crippen molar-refractivity contribution in [1.29, 1.82) is 0 Å². The summed E-state index contributed by atoms with van der Waals surface area (Å²) >= 11 is 3.40. The van der Waals surface area contributed by atoms with Gasteiger partial charge in [-0.3, -0.25) is 4.90 Å². The van der Waals surface area contributed by atoms with E-state index in [1.165, 1.54) is 0 Å². The molecule has 0 amide bonds. The van der Waals surface area contributed by atoms with Gasteiger partial charge in [-0.25, -0.2) is 9.97 Å². The van der Waals surface area contributed by atoms with E-state index in [4.69, 9.17) is 0 Å². The largest absolute Gasteiger partial charge is 0.354 e. The van der Waals surface area contributed by atoms with Gasteiger partial charge in [-0.05, 0) is 6.07 Å². The molecule has 0 atom stereocenters. The van der Waals surface area contributed by atoms with Gasteiger partial charge in [-0.2, -0.15) is 0 Å². The first-order valence-corrected chi connectivity index (χ1v) is 6.11. The molecule has 2 rings (SSSR count). The lowest BCUT2D eigenvalue weighted by Crippen LogP contribution is -2.46. The average Bonchev–Trinajstić information content (AvgIpc) is 2.30. The molecule has 0 radical (unpaired) electrons. The monoisotopic (exact) mass is 282 g/mol. The van der Waals surface area contributed by atoms with E-state index in [1.807, 2.05) is 6.07 Å². The number of hydrogen-bond donors (Lipinski definition) is 0. The molecule has 1 saturated heterocycles. The van der Waals surface area contributed by atoms with E-state index in [1.54, 1.807) is 12.5 Å². The summed E-state index contributed by atoms with van der Waals surface area (Å²) in [5.41, 5.74) is 0. The molecule has 0 aliphatic carbocycles. The highest BCUT2D eigenvalue weighted by atomic mass is 79.9. The molecule has 1 aliphatic heterocycles. The van der Waals surface area contributed by atoms with E-state index in [9.17, 15) is 0 Å². The molecule has 5 heteroatoms. The fraction of sp³-hybridized carbons (Fsp3) is 0.455. The minimum Gasteiger partial charge on any atom is -0.354 e. The summed E-state index contributed by atoms with van der Waals surface area (Å²) in [6.07, 6.45) is 3.39. The van der Waals surface area contributed by atoms with E-state index in [2.05, 4.69) is 42.3 Å². The Hall–Kier alpha value is -0.940. The Morgan fingerprint density at radius 1 is 1.38 bits per heavy atom. The van der Waals surface area contributed by atoms with E-state index in [0.29, 0.717) is 0 Å². The van der Waals surface area contributed by atoms with Gasteiger partial charge in [-0.15, -0.1) is 0 Å². The number of hydrogen-bond acceptors (Lipinski definition) is 4. The topological polar surface area (TPSA) is 32.3 Å². The third kappa shape index (κ3) is 3.02. The van der Waals surface area contributed by atoms with Crippen LogP contribution in [0.3, 0.4) is 0 Å². The quantitative estimate of drug-likeness (QED) is 0.841. The van der Waals surface area contributed by atoms with Gasteiger partial charge in [0, 0.05) is 43.4 Å². The number of aromatic nitrogens is 2. The van der Waals surface area contributed by atoms with Crippen molar-refractivity contribution in [3.8, 4) is 0 Å². The normalized spacial score (nSPS) is 17.4. The SMILES string of the molecule is C=C(Br)CN1CCN(c2ccncn2)CC1. The van der Waals surface area contributed by atoms with Gasteiger partial charge in [0.25, 0.3) is 0 Å². The van der Waals surface area contributed by atoms with Crippen LogP contribution >= 0.6 is 15.9 Å². The second-order valence-electron chi connectivity index (χ2n) is 3.85. The number of anilines is 1. The molecule has 1 aromatic rings. The van der Waals surface area contributed by atoms with Gasteiger partial charge in [0.15, 0.2) is 0 Å². The van der Waals surface area contributed by atoms with Crippen LogP contribution < -0.4 is 4.90 Å². The van der Waals surface area contributed by atoms with E-state index in [0.717, 1.165) is 43.0 Å². The highest BCUT2D eigenvalue weighted by Gasteiger charge is 2.17. The Morgan fingerprint density at radius 3 is 2.69 bits per heavy atom. The lowest BCUT2D eigenvalue weighted by Gasteiger charge is -2.35. The lowest BCUT2D eigenvalue weighted by atomic mass is 10.3. The summed E-state index contributed by atoms with van der Waals surface area (Å²) in [6, 6.07) is 1.96. The molecule has 4 nitrogen and oxygen atoms in total. The third-order valence-electron chi connectivity index (χ3n) is 2.66. The minimum absolute atomic E-state index is 0.928. The van der Waals surface area contributed by atoms with Crippen LogP contribution in [0.25, 0.3) is 0 Å². The van der Waals surface area contributed by atoms with Crippen molar-refractivity contribution in [3.63, 3.8) is 0 Å². The van der Waals surface area contributed by atoms with Crippen molar-refractivity contribution in [2.45, 2.75) is 0 Å². The predicted octanol–water partition coefficient (Wildman–Crippen LogP) is 1.51. The zero-order valence-corrected chi connectivity index (χ0v) is 10.7. The van der Waals surface area contributed by atoms with Crippen LogP contribution in [0.1, 0.15) is 0 Å².